The molecule has 310 valence electrons. The molecule has 3 aromatic rings. The highest BCUT2D eigenvalue weighted by atomic mass is 16.5. The Morgan fingerprint density at radius 3 is 1.64 bits per heavy atom. The van der Waals surface area contributed by atoms with Crippen molar-refractivity contribution in [1.82, 2.24) is 0 Å². The largest absolute Gasteiger partial charge is 0.508 e. The van der Waals surface area contributed by atoms with E-state index in [-0.39, 0.29) is 22.5 Å². The first-order chi connectivity index (χ1) is 28.1. The van der Waals surface area contributed by atoms with E-state index in [1.54, 1.807) is 20.3 Å². The lowest BCUT2D eigenvalue weighted by Crippen LogP contribution is -2.37. The van der Waals surface area contributed by atoms with Gasteiger partial charge in [-0.05, 0) is 146 Å². The van der Waals surface area contributed by atoms with E-state index >= 15 is 0 Å². The Hall–Kier alpha value is -4.45. The third kappa shape index (κ3) is 9.22. The van der Waals surface area contributed by atoms with Crippen LogP contribution in [0.3, 0.4) is 0 Å². The molecule has 0 heterocycles. The van der Waals surface area contributed by atoms with Crippen molar-refractivity contribution >= 4 is 17.3 Å². The molecule has 0 fully saturated rings. The lowest BCUT2D eigenvalue weighted by molar-refractivity contribution is -0.121. The quantitative estimate of drug-likeness (QED) is 0.208. The van der Waals surface area contributed by atoms with Gasteiger partial charge in [-0.3, -0.25) is 14.4 Å². The van der Waals surface area contributed by atoms with Crippen LogP contribution in [0.1, 0.15) is 163 Å². The Morgan fingerprint density at radius 2 is 1.09 bits per heavy atom. The molecular formula is C52H66O6. The number of phenols is 1. The average Bonchev–Trinajstić information content (AvgIpc) is 3.24. The van der Waals surface area contributed by atoms with E-state index < -0.39 is 0 Å². The number of aromatic hydroxyl groups is 1. The number of ketones is 3. The van der Waals surface area contributed by atoms with Gasteiger partial charge in [-0.1, -0.05) is 88.6 Å². The van der Waals surface area contributed by atoms with Crippen molar-refractivity contribution in [2.75, 3.05) is 14.2 Å². The summed E-state index contributed by atoms with van der Waals surface area (Å²) in [6, 6.07) is 18.4. The zero-order valence-electron chi connectivity index (χ0n) is 35.9. The minimum Gasteiger partial charge on any atom is -0.508 e. The van der Waals surface area contributed by atoms with E-state index in [4.69, 9.17) is 9.47 Å². The van der Waals surface area contributed by atoms with Crippen molar-refractivity contribution in [3.63, 3.8) is 0 Å². The third-order valence-electron chi connectivity index (χ3n) is 13.8. The summed E-state index contributed by atoms with van der Waals surface area (Å²) in [7, 11) is 3.41. The molecule has 3 atom stereocenters. The molecule has 6 nitrogen and oxygen atoms in total. The molecule has 5 aliphatic carbocycles. The van der Waals surface area contributed by atoms with Gasteiger partial charge in [0.1, 0.15) is 23.0 Å². The zero-order chi connectivity index (χ0) is 41.3. The normalized spacial score (nSPS) is 22.8. The molecule has 0 amide bonds. The molecule has 6 heteroatoms. The number of benzene rings is 3. The van der Waals surface area contributed by atoms with Crippen LogP contribution in [0.15, 0.2) is 77.9 Å². The van der Waals surface area contributed by atoms with Gasteiger partial charge in [0.05, 0.1) is 14.2 Å². The van der Waals surface area contributed by atoms with Gasteiger partial charge < -0.3 is 14.6 Å². The Bertz CT molecular complexity index is 2020. The van der Waals surface area contributed by atoms with Crippen molar-refractivity contribution in [2.24, 2.45) is 0 Å². The molecule has 0 aromatic heterocycles. The Labute approximate surface area is 347 Å². The molecule has 8 rings (SSSR count). The maximum absolute atomic E-state index is 12.0. The number of hydrogen-bond acceptors (Lipinski definition) is 6. The fraction of sp³-hybridized carbons (Fsp3) is 0.519. The zero-order valence-corrected chi connectivity index (χ0v) is 35.9. The monoisotopic (exact) mass is 786 g/mol. The van der Waals surface area contributed by atoms with Crippen molar-refractivity contribution in [2.45, 2.75) is 160 Å². The summed E-state index contributed by atoms with van der Waals surface area (Å²) < 4.78 is 10.6. The lowest BCUT2D eigenvalue weighted by Gasteiger charge is -2.44. The average molecular weight is 787 g/mol. The van der Waals surface area contributed by atoms with E-state index in [0.29, 0.717) is 36.6 Å². The summed E-state index contributed by atoms with van der Waals surface area (Å²) in [6.07, 6.45) is 23.0. The van der Waals surface area contributed by atoms with Crippen molar-refractivity contribution < 1.29 is 29.0 Å². The first-order valence-electron chi connectivity index (χ1n) is 22.3. The van der Waals surface area contributed by atoms with Gasteiger partial charge in [0.15, 0.2) is 11.6 Å². The van der Waals surface area contributed by atoms with Gasteiger partial charge in [-0.25, -0.2) is 0 Å². The summed E-state index contributed by atoms with van der Waals surface area (Å²) in [4.78, 5) is 35.6. The van der Waals surface area contributed by atoms with Crippen molar-refractivity contribution in [3.8, 4) is 17.2 Å². The number of unbranched alkanes of at least 4 members (excludes halogenated alkanes) is 3. The molecule has 0 aliphatic heterocycles. The van der Waals surface area contributed by atoms with E-state index in [1.165, 1.54) is 76.6 Å². The number of aryl methyl sites for hydroxylation is 3. The van der Waals surface area contributed by atoms with Gasteiger partial charge in [0, 0.05) is 36.0 Å². The molecule has 5 aliphatic rings. The van der Waals surface area contributed by atoms with Gasteiger partial charge in [-0.2, -0.15) is 0 Å². The van der Waals surface area contributed by atoms with Crippen molar-refractivity contribution in [1.29, 1.82) is 0 Å². The number of carbonyl (C=O) groups excluding carboxylic acids is 3. The molecule has 58 heavy (non-hydrogen) atoms. The minimum absolute atomic E-state index is 0.0607. The number of methoxy groups -OCH3 is 2. The van der Waals surface area contributed by atoms with Gasteiger partial charge in [-0.15, -0.1) is 0 Å². The molecule has 3 unspecified atom stereocenters. The number of ether oxygens (including phenoxy) is 2. The molecular weight excluding hydrogens is 721 g/mol. The summed E-state index contributed by atoms with van der Waals surface area (Å²) >= 11 is 0. The smallest absolute Gasteiger partial charge is 0.155 e. The third-order valence-corrected chi connectivity index (χ3v) is 13.8. The molecule has 1 N–H and O–H groups in total. The van der Waals surface area contributed by atoms with Crippen LogP contribution in [0, 0.1) is 0 Å². The summed E-state index contributed by atoms with van der Waals surface area (Å²) in [6.45, 7) is 6.63. The second-order valence-electron chi connectivity index (χ2n) is 17.2. The van der Waals surface area contributed by atoms with Crippen LogP contribution in [0.4, 0.5) is 0 Å². The number of Topliss-reactive ketones (excluding diaryl/α,β-unsaturated/α-hetero) is 1. The van der Waals surface area contributed by atoms with Crippen molar-refractivity contribution in [3.05, 3.63) is 111 Å². The number of hydrogen-bond donors (Lipinski definition) is 1. The Kier molecular flexibility index (Phi) is 14.5. The SMILES string of the molecule is CCCCC12CCC(=O)C=C1CCc1cc(O)ccc12.CCCCC12CCC(=O)C=C1CCc1cc(OC)ccc12.CCCCC1C(=O)CCc2cc(OC)ccc21. The predicted octanol–water partition coefficient (Wildman–Crippen LogP) is 11.9. The topological polar surface area (TPSA) is 89.9 Å². The second kappa shape index (κ2) is 19.5. The molecule has 0 saturated heterocycles. The molecule has 0 radical (unpaired) electrons. The maximum Gasteiger partial charge on any atom is 0.155 e. The first-order valence-corrected chi connectivity index (χ1v) is 22.3. The van der Waals surface area contributed by atoms with Gasteiger partial charge in [0.25, 0.3) is 0 Å². The summed E-state index contributed by atoms with van der Waals surface area (Å²) in [5.74, 6) is 3.34. The Morgan fingerprint density at radius 1 is 0.586 bits per heavy atom. The van der Waals surface area contributed by atoms with Crippen LogP contribution in [0.5, 0.6) is 17.2 Å². The van der Waals surface area contributed by atoms with E-state index in [1.807, 2.05) is 24.3 Å². The number of carbonyl (C=O) groups is 3. The number of rotatable bonds is 11. The second-order valence-corrected chi connectivity index (χ2v) is 17.2. The van der Waals surface area contributed by atoms with Gasteiger partial charge >= 0.3 is 0 Å². The highest BCUT2D eigenvalue weighted by Crippen LogP contribution is 2.52. The first kappa shape index (κ1) is 43.1. The van der Waals surface area contributed by atoms with E-state index in [9.17, 15) is 19.5 Å². The predicted molar refractivity (Wildman–Crippen MR) is 233 cm³/mol. The molecule has 0 spiro atoms. The molecule has 3 aromatic carbocycles. The highest BCUT2D eigenvalue weighted by Gasteiger charge is 2.43. The lowest BCUT2D eigenvalue weighted by atomic mass is 9.60. The van der Waals surface area contributed by atoms with Crippen LogP contribution in [-0.2, 0) is 44.5 Å². The fourth-order valence-corrected chi connectivity index (χ4v) is 10.6. The van der Waals surface area contributed by atoms with E-state index in [0.717, 1.165) is 82.1 Å². The van der Waals surface area contributed by atoms with Gasteiger partial charge in [0.2, 0.25) is 0 Å². The standard InChI is InChI=1S/C19H24O2.C18H22O2.C15H20O2/c1-3-4-10-19-11-9-16(20)13-15(19)6-5-14-12-17(21-2)7-8-18(14)19;1-2-3-9-18-10-8-16(20)12-14(18)5-4-13-11-15(19)6-7-17(13)18;1-3-4-5-14-13-8-7-12(17-2)10-11(13)6-9-15(14)16/h7-8,12-13H,3-6,9-11H2,1-2H3;6-7,11-12,19H,2-5,8-10H2,1H3;7-8,10,14H,3-6,9H2,1-2H3. The van der Waals surface area contributed by atoms with Crippen LogP contribution in [0.25, 0.3) is 0 Å². The Balaban J connectivity index is 0.000000148. The van der Waals surface area contributed by atoms with E-state index in [2.05, 4.69) is 57.2 Å². The maximum atomic E-state index is 12.0. The molecule has 0 bridgehead atoms. The fourth-order valence-electron chi connectivity index (χ4n) is 10.6. The number of phenolic OH excluding ortho intramolecular Hbond substituents is 1. The number of allylic oxidation sites excluding steroid dienone is 4. The minimum atomic E-state index is 0.0607. The molecule has 0 saturated carbocycles. The highest BCUT2D eigenvalue weighted by molar-refractivity contribution is 5.93. The summed E-state index contributed by atoms with van der Waals surface area (Å²) in [5, 5.41) is 9.72. The van der Waals surface area contributed by atoms with Crippen LogP contribution < -0.4 is 9.47 Å². The summed E-state index contributed by atoms with van der Waals surface area (Å²) in [5.41, 5.74) is 10.9. The van der Waals surface area contributed by atoms with Crippen LogP contribution >= 0.6 is 0 Å². The van der Waals surface area contributed by atoms with Crippen LogP contribution in [0.2, 0.25) is 0 Å². The van der Waals surface area contributed by atoms with Crippen LogP contribution in [-0.4, -0.2) is 36.7 Å². The number of fused-ring (bicyclic) bond motifs is 7.